The van der Waals surface area contributed by atoms with E-state index in [1.807, 2.05) is 13.8 Å². The van der Waals surface area contributed by atoms with Crippen molar-refractivity contribution in [1.82, 2.24) is 10.2 Å². The van der Waals surface area contributed by atoms with E-state index < -0.39 is 11.4 Å². The zero-order chi connectivity index (χ0) is 15.3. The first kappa shape index (κ1) is 17.0. The lowest BCUT2D eigenvalue weighted by atomic mass is 9.74. The van der Waals surface area contributed by atoms with Crippen LogP contribution in [-0.4, -0.2) is 47.6 Å². The van der Waals surface area contributed by atoms with Crippen LogP contribution in [0.4, 0.5) is 0 Å². The van der Waals surface area contributed by atoms with Crippen molar-refractivity contribution in [3.63, 3.8) is 0 Å². The summed E-state index contributed by atoms with van der Waals surface area (Å²) in [5, 5.41) is 12.2. The Morgan fingerprint density at radius 1 is 1.40 bits per heavy atom. The second-order valence-electron chi connectivity index (χ2n) is 6.64. The Morgan fingerprint density at radius 3 is 2.60 bits per heavy atom. The highest BCUT2D eigenvalue weighted by molar-refractivity contribution is 5.76. The first-order chi connectivity index (χ1) is 9.23. The van der Waals surface area contributed by atoms with Crippen LogP contribution in [-0.2, 0) is 9.59 Å². The Hall–Kier alpha value is -1.10. The van der Waals surface area contributed by atoms with Crippen LogP contribution < -0.4 is 5.32 Å². The molecule has 1 aliphatic rings. The van der Waals surface area contributed by atoms with Crippen LogP contribution in [0.2, 0.25) is 0 Å². The maximum atomic E-state index is 11.7. The predicted molar refractivity (Wildman–Crippen MR) is 78.5 cm³/mol. The summed E-state index contributed by atoms with van der Waals surface area (Å²) in [7, 11) is 0. The molecule has 0 radical (unpaired) electrons. The van der Waals surface area contributed by atoms with Gasteiger partial charge in [0.05, 0.1) is 5.41 Å². The molecule has 1 aliphatic heterocycles. The highest BCUT2D eigenvalue weighted by Crippen LogP contribution is 2.34. The van der Waals surface area contributed by atoms with Crippen LogP contribution in [0.5, 0.6) is 0 Å². The van der Waals surface area contributed by atoms with E-state index in [4.69, 9.17) is 0 Å². The Kier molecular flexibility index (Phi) is 5.99. The van der Waals surface area contributed by atoms with E-state index in [1.165, 1.54) is 0 Å². The van der Waals surface area contributed by atoms with Gasteiger partial charge in [-0.25, -0.2) is 0 Å². The molecular weight excluding hydrogens is 256 g/mol. The molecule has 1 unspecified atom stereocenters. The van der Waals surface area contributed by atoms with E-state index in [1.54, 1.807) is 13.8 Å². The van der Waals surface area contributed by atoms with Crippen LogP contribution in [0.15, 0.2) is 0 Å². The van der Waals surface area contributed by atoms with E-state index >= 15 is 0 Å². The van der Waals surface area contributed by atoms with Gasteiger partial charge in [0.25, 0.3) is 0 Å². The molecule has 0 aliphatic carbocycles. The highest BCUT2D eigenvalue weighted by atomic mass is 16.4. The van der Waals surface area contributed by atoms with E-state index in [0.717, 1.165) is 25.9 Å². The minimum Gasteiger partial charge on any atom is -0.481 e. The average Bonchev–Trinajstić information content (AvgIpc) is 2.35. The van der Waals surface area contributed by atoms with Crippen LogP contribution in [0.25, 0.3) is 0 Å². The Labute approximate surface area is 121 Å². The van der Waals surface area contributed by atoms with Crippen LogP contribution in [0.3, 0.4) is 0 Å². The number of carboxylic acids is 1. The van der Waals surface area contributed by atoms with Gasteiger partial charge in [-0.3, -0.25) is 9.59 Å². The van der Waals surface area contributed by atoms with Gasteiger partial charge in [-0.2, -0.15) is 0 Å². The fourth-order valence-corrected chi connectivity index (χ4v) is 2.68. The summed E-state index contributed by atoms with van der Waals surface area (Å²) in [5.74, 6) is -0.511. The van der Waals surface area contributed by atoms with Crippen LogP contribution in [0.1, 0.15) is 47.0 Å². The standard InChI is InChI=1S/C15H28N2O3/c1-11(2)16-13(18)7-9-17-8-5-6-12(10-17)15(3,4)14(19)20/h11-12H,5-10H2,1-4H3,(H,16,18)(H,19,20). The summed E-state index contributed by atoms with van der Waals surface area (Å²) in [6.45, 7) is 9.94. The summed E-state index contributed by atoms with van der Waals surface area (Å²) in [4.78, 5) is 25.2. The number of carbonyl (C=O) groups is 2. The fourth-order valence-electron chi connectivity index (χ4n) is 2.68. The van der Waals surface area contributed by atoms with Gasteiger partial charge in [-0.15, -0.1) is 0 Å². The minimum absolute atomic E-state index is 0.0691. The number of carbonyl (C=O) groups excluding carboxylic acids is 1. The monoisotopic (exact) mass is 284 g/mol. The molecule has 0 aromatic carbocycles. The number of piperidine rings is 1. The minimum atomic E-state index is -0.734. The third-order valence-electron chi connectivity index (χ3n) is 4.18. The summed E-state index contributed by atoms with van der Waals surface area (Å²) in [5.41, 5.74) is -0.696. The maximum Gasteiger partial charge on any atom is 0.309 e. The molecule has 0 saturated carbocycles. The first-order valence-electron chi connectivity index (χ1n) is 7.48. The van der Waals surface area contributed by atoms with Crippen molar-refractivity contribution in [2.75, 3.05) is 19.6 Å². The molecule has 0 bridgehead atoms. The van der Waals surface area contributed by atoms with E-state index in [9.17, 15) is 14.7 Å². The lowest BCUT2D eigenvalue weighted by Gasteiger charge is -2.39. The Balaban J connectivity index is 2.45. The summed E-state index contributed by atoms with van der Waals surface area (Å²) in [6, 6.07) is 0.169. The highest BCUT2D eigenvalue weighted by Gasteiger charge is 2.38. The lowest BCUT2D eigenvalue weighted by molar-refractivity contribution is -0.151. The number of amides is 1. The lowest BCUT2D eigenvalue weighted by Crippen LogP contribution is -2.45. The van der Waals surface area contributed by atoms with Crippen molar-refractivity contribution in [2.24, 2.45) is 11.3 Å². The number of rotatable bonds is 6. The van der Waals surface area contributed by atoms with Crippen molar-refractivity contribution >= 4 is 11.9 Å². The van der Waals surface area contributed by atoms with Crippen LogP contribution >= 0.6 is 0 Å². The Bertz CT molecular complexity index is 353. The van der Waals surface area contributed by atoms with Crippen molar-refractivity contribution in [1.29, 1.82) is 0 Å². The molecule has 0 aromatic heterocycles. The fraction of sp³-hybridized carbons (Fsp3) is 0.867. The molecule has 0 aromatic rings. The molecule has 1 amide bonds. The van der Waals surface area contributed by atoms with Gasteiger partial charge in [0.2, 0.25) is 5.91 Å². The number of carboxylic acid groups (broad SMARTS) is 1. The van der Waals surface area contributed by atoms with Gasteiger partial charge in [-0.05, 0) is 53.0 Å². The molecule has 1 heterocycles. The number of aliphatic carboxylic acids is 1. The van der Waals surface area contributed by atoms with Crippen molar-refractivity contribution < 1.29 is 14.7 Å². The first-order valence-corrected chi connectivity index (χ1v) is 7.48. The topological polar surface area (TPSA) is 69.6 Å². The van der Waals surface area contributed by atoms with E-state index in [-0.39, 0.29) is 17.9 Å². The number of nitrogens with zero attached hydrogens (tertiary/aromatic N) is 1. The maximum absolute atomic E-state index is 11.7. The number of hydrogen-bond acceptors (Lipinski definition) is 3. The number of likely N-dealkylation sites (tertiary alicyclic amines) is 1. The molecule has 5 nitrogen and oxygen atoms in total. The molecule has 5 heteroatoms. The molecule has 1 saturated heterocycles. The summed E-state index contributed by atoms with van der Waals surface area (Å²) < 4.78 is 0. The smallest absolute Gasteiger partial charge is 0.309 e. The second kappa shape index (κ2) is 7.07. The Morgan fingerprint density at radius 2 is 2.05 bits per heavy atom. The zero-order valence-corrected chi connectivity index (χ0v) is 13.1. The van der Waals surface area contributed by atoms with E-state index in [0.29, 0.717) is 13.0 Å². The molecule has 1 fully saturated rings. The van der Waals surface area contributed by atoms with Crippen molar-refractivity contribution in [3.8, 4) is 0 Å². The molecule has 1 rings (SSSR count). The SMILES string of the molecule is CC(C)NC(=O)CCN1CCCC(C(C)(C)C(=O)O)C1. The van der Waals surface area contributed by atoms with Gasteiger partial charge in [0.1, 0.15) is 0 Å². The average molecular weight is 284 g/mol. The number of nitrogens with one attached hydrogen (secondary N) is 1. The summed E-state index contributed by atoms with van der Waals surface area (Å²) >= 11 is 0. The third-order valence-corrected chi connectivity index (χ3v) is 4.18. The molecule has 20 heavy (non-hydrogen) atoms. The number of hydrogen-bond donors (Lipinski definition) is 2. The molecular formula is C15H28N2O3. The third kappa shape index (κ3) is 4.78. The predicted octanol–water partition coefficient (Wildman–Crippen LogP) is 1.72. The van der Waals surface area contributed by atoms with Gasteiger partial charge in [-0.1, -0.05) is 0 Å². The van der Waals surface area contributed by atoms with Gasteiger partial charge < -0.3 is 15.3 Å². The zero-order valence-electron chi connectivity index (χ0n) is 13.1. The molecule has 1 atom stereocenters. The van der Waals surface area contributed by atoms with E-state index in [2.05, 4.69) is 10.2 Å². The normalized spacial score (nSPS) is 20.9. The van der Waals surface area contributed by atoms with Gasteiger partial charge in [0, 0.05) is 25.6 Å². The van der Waals surface area contributed by atoms with Gasteiger partial charge >= 0.3 is 5.97 Å². The molecule has 116 valence electrons. The summed E-state index contributed by atoms with van der Waals surface area (Å²) in [6.07, 6.45) is 2.44. The second-order valence-corrected chi connectivity index (χ2v) is 6.64. The van der Waals surface area contributed by atoms with Crippen molar-refractivity contribution in [3.05, 3.63) is 0 Å². The quantitative estimate of drug-likeness (QED) is 0.779. The van der Waals surface area contributed by atoms with Gasteiger partial charge in [0.15, 0.2) is 0 Å². The molecule has 0 spiro atoms. The largest absolute Gasteiger partial charge is 0.481 e. The molecule has 2 N–H and O–H groups in total. The van der Waals surface area contributed by atoms with Crippen LogP contribution in [0, 0.1) is 11.3 Å². The van der Waals surface area contributed by atoms with Crippen molar-refractivity contribution in [2.45, 2.75) is 53.0 Å².